The number of nitrogens with one attached hydrogen (secondary N) is 1. The highest BCUT2D eigenvalue weighted by atomic mass is 31.2. The van der Waals surface area contributed by atoms with Crippen LogP contribution in [0.2, 0.25) is 0 Å². The number of hydrogen-bond acceptors (Lipinski definition) is 6. The molecule has 9 nitrogen and oxygen atoms in total. The molecule has 0 radical (unpaired) electrons. The number of phosphoric acid groups is 1. The maximum atomic E-state index is 13.9. The van der Waals surface area contributed by atoms with Crippen molar-refractivity contribution in [3.8, 4) is 28.1 Å². The maximum Gasteiger partial charge on any atom is 0.475 e. The van der Waals surface area contributed by atoms with Crippen LogP contribution in [0.25, 0.3) is 33.6 Å². The molecule has 10 heteroatoms. The minimum absolute atomic E-state index is 0.138. The molecule has 1 aliphatic rings. The van der Waals surface area contributed by atoms with Crippen molar-refractivity contribution in [2.75, 3.05) is 13.4 Å². The predicted octanol–water partition coefficient (Wildman–Crippen LogP) is 6.89. The van der Waals surface area contributed by atoms with Crippen LogP contribution in [-0.2, 0) is 13.6 Å². The summed E-state index contributed by atoms with van der Waals surface area (Å²) in [5, 5.41) is 3.35. The van der Waals surface area contributed by atoms with Crippen LogP contribution in [0.3, 0.4) is 0 Å². The van der Waals surface area contributed by atoms with Gasteiger partial charge in [-0.2, -0.15) is 4.52 Å². The lowest BCUT2D eigenvalue weighted by Crippen LogP contribution is -2.19. The van der Waals surface area contributed by atoms with E-state index in [4.69, 9.17) is 18.8 Å². The van der Waals surface area contributed by atoms with Gasteiger partial charge in [-0.3, -0.25) is 14.4 Å². The Kier molecular flexibility index (Phi) is 8.66. The van der Waals surface area contributed by atoms with Gasteiger partial charge in [0.2, 0.25) is 0 Å². The van der Waals surface area contributed by atoms with Crippen LogP contribution in [0, 0.1) is 6.92 Å². The van der Waals surface area contributed by atoms with Crippen LogP contribution >= 0.6 is 7.82 Å². The molecule has 1 unspecified atom stereocenters. The van der Waals surface area contributed by atoms with Crippen molar-refractivity contribution in [2.24, 2.45) is 0 Å². The van der Waals surface area contributed by atoms with Crippen LogP contribution in [0.5, 0.6) is 5.75 Å². The van der Waals surface area contributed by atoms with Crippen molar-refractivity contribution in [1.82, 2.24) is 14.6 Å². The third kappa shape index (κ3) is 6.13. The first kappa shape index (κ1) is 28.1. The summed E-state index contributed by atoms with van der Waals surface area (Å²) in [5.74, 6) is 0.418. The molecular formula is C30H34N3O6P. The first-order valence-electron chi connectivity index (χ1n) is 13.6. The smallest absolute Gasteiger partial charge is 0.467 e. The van der Waals surface area contributed by atoms with Gasteiger partial charge in [-0.25, -0.2) is 14.1 Å². The zero-order valence-electron chi connectivity index (χ0n) is 22.8. The van der Waals surface area contributed by atoms with E-state index in [-0.39, 0.29) is 12.2 Å². The Hall–Kier alpha value is -3.49. The van der Waals surface area contributed by atoms with E-state index in [9.17, 15) is 14.3 Å². The van der Waals surface area contributed by atoms with Crippen molar-refractivity contribution >= 4 is 19.0 Å². The highest BCUT2D eigenvalue weighted by Gasteiger charge is 2.23. The molecule has 0 fully saturated rings. The molecule has 0 aliphatic heterocycles. The molecule has 2 heterocycles. The zero-order chi connectivity index (χ0) is 28.1. The summed E-state index contributed by atoms with van der Waals surface area (Å²) >= 11 is 0. The Morgan fingerprint density at radius 2 is 1.80 bits per heavy atom. The highest BCUT2D eigenvalue weighted by molar-refractivity contribution is 7.47. The van der Waals surface area contributed by atoms with Gasteiger partial charge in [0.1, 0.15) is 5.75 Å². The molecule has 40 heavy (non-hydrogen) atoms. The van der Waals surface area contributed by atoms with Gasteiger partial charge in [0.25, 0.3) is 5.56 Å². The monoisotopic (exact) mass is 563 g/mol. The molecule has 4 aromatic rings. The predicted molar refractivity (Wildman–Crippen MR) is 155 cm³/mol. The highest BCUT2D eigenvalue weighted by Crippen LogP contribution is 2.43. The molecule has 0 bridgehead atoms. The minimum atomic E-state index is -4.17. The van der Waals surface area contributed by atoms with E-state index in [0.717, 1.165) is 42.5 Å². The average molecular weight is 564 g/mol. The molecule has 0 saturated heterocycles. The number of benzene rings is 2. The van der Waals surface area contributed by atoms with Crippen LogP contribution in [-0.4, -0.2) is 32.9 Å². The lowest BCUT2D eigenvalue weighted by atomic mass is 9.92. The zero-order valence-corrected chi connectivity index (χ0v) is 23.7. The second-order valence-electron chi connectivity index (χ2n) is 9.81. The number of unbranched alkanes of at least 4 members (excludes halogenated alkanes) is 1. The first-order valence-corrected chi connectivity index (χ1v) is 15.1. The number of phosphoric ester groups is 1. The molecule has 2 aromatic carbocycles. The van der Waals surface area contributed by atoms with Crippen LogP contribution in [0.4, 0.5) is 0 Å². The quantitative estimate of drug-likeness (QED) is 0.116. The molecule has 0 saturated carbocycles. The Balaban J connectivity index is 1.44. The van der Waals surface area contributed by atoms with Crippen molar-refractivity contribution in [3.63, 3.8) is 0 Å². The number of ether oxygens (including phenoxy) is 1. The van der Waals surface area contributed by atoms with Gasteiger partial charge in [-0.1, -0.05) is 61.9 Å². The lowest BCUT2D eigenvalue weighted by molar-refractivity contribution is 0.0664. The number of H-pyrrole nitrogens is 1. The topological polar surface area (TPSA) is 115 Å². The Morgan fingerprint density at radius 1 is 1.02 bits per heavy atom. The third-order valence-electron chi connectivity index (χ3n) is 6.97. The fraction of sp³-hybridized carbons (Fsp3) is 0.333. The average Bonchev–Trinajstić information content (AvgIpc) is 3.34. The van der Waals surface area contributed by atoms with Gasteiger partial charge in [-0.05, 0) is 62.3 Å². The molecule has 1 aliphatic carbocycles. The molecule has 5 rings (SSSR count). The number of rotatable bonds is 11. The second kappa shape index (κ2) is 12.4. The van der Waals surface area contributed by atoms with E-state index in [1.54, 1.807) is 28.8 Å². The summed E-state index contributed by atoms with van der Waals surface area (Å²) in [6, 6.07) is 16.9. The summed E-state index contributed by atoms with van der Waals surface area (Å²) in [7, 11) is -4.17. The SMILES string of the molecule is CCCCOP(=O)(O)OCOc1ccc(-c2c(C)nc3c(C4=CCCCC4)c(-c4ccccc4)[nH]n3c2=O)cc1. The Labute approximate surface area is 233 Å². The number of aromatic nitrogens is 3. The van der Waals surface area contributed by atoms with E-state index in [1.165, 1.54) is 12.0 Å². The summed E-state index contributed by atoms with van der Waals surface area (Å²) in [6.45, 7) is 3.49. The number of aromatic amines is 1. The van der Waals surface area contributed by atoms with E-state index >= 15 is 0 Å². The van der Waals surface area contributed by atoms with Gasteiger partial charge in [0, 0.05) is 11.1 Å². The number of fused-ring (bicyclic) bond motifs is 1. The number of allylic oxidation sites excluding steroid dienone is 2. The fourth-order valence-electron chi connectivity index (χ4n) is 4.93. The van der Waals surface area contributed by atoms with E-state index in [1.807, 2.05) is 44.2 Å². The number of hydrogen-bond donors (Lipinski definition) is 2. The third-order valence-corrected chi connectivity index (χ3v) is 7.91. The summed E-state index contributed by atoms with van der Waals surface area (Å²) in [5.41, 5.74) is 6.32. The molecule has 1 atom stereocenters. The molecule has 210 valence electrons. The summed E-state index contributed by atoms with van der Waals surface area (Å²) < 4.78 is 28.7. The fourth-order valence-corrected chi connectivity index (χ4v) is 5.55. The summed E-state index contributed by atoms with van der Waals surface area (Å²) in [6.07, 6.45) is 8.01. The molecular weight excluding hydrogens is 529 g/mol. The van der Waals surface area contributed by atoms with Crippen molar-refractivity contribution < 1.29 is 23.2 Å². The van der Waals surface area contributed by atoms with E-state index < -0.39 is 14.6 Å². The normalized spacial score (nSPS) is 15.1. The molecule has 0 amide bonds. The van der Waals surface area contributed by atoms with Crippen molar-refractivity contribution in [1.29, 1.82) is 0 Å². The van der Waals surface area contributed by atoms with E-state index in [2.05, 4.69) is 11.2 Å². The maximum absolute atomic E-state index is 13.9. The number of aryl methyl sites for hydroxylation is 1. The van der Waals surface area contributed by atoms with Crippen LogP contribution in [0.15, 0.2) is 65.5 Å². The van der Waals surface area contributed by atoms with Gasteiger partial charge >= 0.3 is 7.82 Å². The standard InChI is InChI=1S/C30H34N3O6P/c1-3-4-19-38-40(35,36)39-20-37-25-17-15-23(16-18-25)26-21(2)31-29-27(22-11-7-5-8-12-22)28(32-33(29)30(26)34)24-13-9-6-10-14-24/h6,9-11,13-18,32H,3-5,7-8,12,19-20H2,1-2H3,(H,35,36). The first-order chi connectivity index (χ1) is 19.4. The summed E-state index contributed by atoms with van der Waals surface area (Å²) in [4.78, 5) is 28.5. The van der Waals surface area contributed by atoms with Gasteiger partial charge < -0.3 is 9.63 Å². The second-order valence-corrected chi connectivity index (χ2v) is 11.3. The van der Waals surface area contributed by atoms with Gasteiger partial charge in [0.05, 0.1) is 23.6 Å². The molecule has 2 N–H and O–H groups in total. The van der Waals surface area contributed by atoms with E-state index in [0.29, 0.717) is 34.6 Å². The van der Waals surface area contributed by atoms with Gasteiger partial charge in [-0.15, -0.1) is 0 Å². The Morgan fingerprint density at radius 3 is 2.50 bits per heavy atom. The van der Waals surface area contributed by atoms with Crippen LogP contribution < -0.4 is 10.3 Å². The largest absolute Gasteiger partial charge is 0.475 e. The Bertz CT molecular complexity index is 1610. The van der Waals surface area contributed by atoms with Crippen LogP contribution in [0.1, 0.15) is 56.7 Å². The van der Waals surface area contributed by atoms with Crippen molar-refractivity contribution in [2.45, 2.75) is 52.4 Å². The van der Waals surface area contributed by atoms with Gasteiger partial charge in [0.15, 0.2) is 12.4 Å². The lowest BCUT2D eigenvalue weighted by Gasteiger charge is -2.14. The number of nitrogens with zero attached hydrogens (tertiary/aromatic N) is 2. The molecule has 0 spiro atoms. The van der Waals surface area contributed by atoms with Crippen molar-refractivity contribution in [3.05, 3.63) is 82.3 Å². The minimum Gasteiger partial charge on any atom is -0.467 e. The molecule has 2 aromatic heterocycles.